The Morgan fingerprint density at radius 2 is 0.956 bits per heavy atom. The van der Waals surface area contributed by atoms with E-state index in [1.54, 1.807) is 0 Å². The quantitative estimate of drug-likeness (QED) is 0.136. The van der Waals surface area contributed by atoms with E-state index in [2.05, 4.69) is 92.4 Å². The fourth-order valence-corrected chi connectivity index (χ4v) is 5.38. The molecule has 45 heavy (non-hydrogen) atoms. The van der Waals surface area contributed by atoms with Crippen LogP contribution in [0, 0.1) is 0 Å². The number of fused-ring (bicyclic) bond motifs is 2. The van der Waals surface area contributed by atoms with Crippen LogP contribution in [0.1, 0.15) is 27.7 Å². The van der Waals surface area contributed by atoms with Gasteiger partial charge in [-0.05, 0) is 61.3 Å². The number of H-pyrrole nitrogens is 2. The summed E-state index contributed by atoms with van der Waals surface area (Å²) in [5.41, 5.74) is 5.86. The van der Waals surface area contributed by atoms with E-state index in [1.165, 1.54) is 0 Å². The maximum Gasteiger partial charge on any atom is 0.163 e. The van der Waals surface area contributed by atoms with Gasteiger partial charge in [-0.1, -0.05) is 91.0 Å². The van der Waals surface area contributed by atoms with Crippen LogP contribution < -0.4 is 10.6 Å². The third kappa shape index (κ3) is 7.05. The lowest BCUT2D eigenvalue weighted by Gasteiger charge is -2.11. The predicted octanol–water partition coefficient (Wildman–Crippen LogP) is 9.32. The number of anilines is 2. The molecule has 0 fully saturated rings. The van der Waals surface area contributed by atoms with Crippen molar-refractivity contribution in [3.8, 4) is 34.0 Å². The van der Waals surface area contributed by atoms with Crippen molar-refractivity contribution in [2.75, 3.05) is 10.6 Å². The second-order valence-electron chi connectivity index (χ2n) is 11.3. The Kier molecular flexibility index (Phi) is 8.89. The van der Waals surface area contributed by atoms with Gasteiger partial charge in [0.15, 0.2) is 11.6 Å². The Hall–Kier alpha value is -5.02. The van der Waals surface area contributed by atoms with Crippen LogP contribution in [-0.2, 0) is 0 Å². The van der Waals surface area contributed by atoms with Crippen molar-refractivity contribution >= 4 is 49.6 Å². The van der Waals surface area contributed by atoms with Crippen LogP contribution in [-0.4, -0.2) is 42.0 Å². The molecule has 0 bridgehead atoms. The Labute approximate surface area is 270 Å². The lowest BCUT2D eigenvalue weighted by atomic mass is 10.1. The molecule has 7 aromatic rings. The summed E-state index contributed by atoms with van der Waals surface area (Å²) < 4.78 is 0.902. The summed E-state index contributed by atoms with van der Waals surface area (Å²) in [5, 5.41) is 8.83. The van der Waals surface area contributed by atoms with E-state index in [4.69, 9.17) is 9.97 Å². The smallest absolute Gasteiger partial charge is 0.163 e. The van der Waals surface area contributed by atoms with Crippen LogP contribution in [0.25, 0.3) is 56.1 Å². The van der Waals surface area contributed by atoms with Crippen LogP contribution in [0.5, 0.6) is 0 Å². The zero-order chi connectivity index (χ0) is 31.3. The molecule has 0 unspecified atom stereocenters. The number of aromatic amines is 2. The Balaban J connectivity index is 0.000000163. The van der Waals surface area contributed by atoms with Gasteiger partial charge in [0.2, 0.25) is 0 Å². The average molecular weight is 660 g/mol. The van der Waals surface area contributed by atoms with Crippen molar-refractivity contribution in [3.63, 3.8) is 0 Å². The normalized spacial score (nSPS) is 11.2. The van der Waals surface area contributed by atoms with Gasteiger partial charge in [-0.2, -0.15) is 0 Å². The van der Waals surface area contributed by atoms with Crippen molar-refractivity contribution in [2.45, 2.75) is 39.8 Å². The van der Waals surface area contributed by atoms with Gasteiger partial charge in [0.25, 0.3) is 0 Å². The number of nitrogens with zero attached hydrogens (tertiary/aromatic N) is 4. The van der Waals surface area contributed by atoms with E-state index in [0.29, 0.717) is 6.04 Å². The lowest BCUT2D eigenvalue weighted by Crippen LogP contribution is -2.12. The van der Waals surface area contributed by atoms with Gasteiger partial charge in [0.1, 0.15) is 22.9 Å². The highest BCUT2D eigenvalue weighted by Gasteiger charge is 2.15. The number of halogens is 1. The fourth-order valence-electron chi connectivity index (χ4n) is 4.96. The first-order valence-electron chi connectivity index (χ1n) is 15.0. The van der Waals surface area contributed by atoms with Crippen LogP contribution in [0.15, 0.2) is 108 Å². The molecule has 7 rings (SSSR count). The summed E-state index contributed by atoms with van der Waals surface area (Å²) >= 11 is 3.45. The average Bonchev–Trinajstić information content (AvgIpc) is 3.66. The van der Waals surface area contributed by atoms with Gasteiger partial charge in [0, 0.05) is 28.9 Å². The summed E-state index contributed by atoms with van der Waals surface area (Å²) in [6.07, 6.45) is 0. The fraction of sp³-hybridized carbons (Fsp3) is 0.167. The van der Waals surface area contributed by atoms with Crippen molar-refractivity contribution in [2.24, 2.45) is 0 Å². The molecule has 0 aliphatic heterocycles. The largest absolute Gasteiger partial charge is 0.367 e. The molecule has 4 heterocycles. The third-order valence-corrected chi connectivity index (χ3v) is 7.37. The molecule has 0 atom stereocenters. The molecule has 9 heteroatoms. The topological polar surface area (TPSA) is 107 Å². The molecular weight excluding hydrogens is 624 g/mol. The van der Waals surface area contributed by atoms with E-state index < -0.39 is 0 Å². The van der Waals surface area contributed by atoms with E-state index in [9.17, 15) is 0 Å². The maximum atomic E-state index is 4.78. The zero-order valence-corrected chi connectivity index (χ0v) is 27.2. The van der Waals surface area contributed by atoms with Gasteiger partial charge >= 0.3 is 0 Å². The molecule has 0 amide bonds. The third-order valence-electron chi connectivity index (χ3n) is 6.94. The monoisotopic (exact) mass is 658 g/mol. The second-order valence-corrected chi connectivity index (χ2v) is 12.2. The van der Waals surface area contributed by atoms with Crippen LogP contribution in [0.2, 0.25) is 0 Å². The van der Waals surface area contributed by atoms with E-state index >= 15 is 0 Å². The highest BCUT2D eigenvalue weighted by atomic mass is 79.9. The Morgan fingerprint density at radius 3 is 1.42 bits per heavy atom. The number of hydrogen-bond acceptors (Lipinski definition) is 6. The standard InChI is InChI=1S/C21H20N4.C15H15BrN4/c1-14(2)22-20-17-13-18(15-9-5-3-6-10-15)23-21(17)25-19(24-20)16-11-7-4-8-12-16;1-9(2)17-14-11-8-12(16)18-15(11)20-13(19-14)10-6-4-3-5-7-10/h3-14H,1-2H3,(H2,22,23,24,25);3-9H,1-2H3,(H2,17,18,19,20). The van der Waals surface area contributed by atoms with Gasteiger partial charge in [-0.15, -0.1) is 0 Å². The molecule has 4 N–H and O–H groups in total. The molecule has 0 aliphatic carbocycles. The van der Waals surface area contributed by atoms with Crippen LogP contribution in [0.3, 0.4) is 0 Å². The summed E-state index contributed by atoms with van der Waals surface area (Å²) in [6.45, 7) is 8.41. The molecular formula is C36H35BrN8. The Bertz CT molecular complexity index is 2020. The first-order valence-corrected chi connectivity index (χ1v) is 15.8. The van der Waals surface area contributed by atoms with Gasteiger partial charge in [0.05, 0.1) is 15.4 Å². The van der Waals surface area contributed by atoms with Crippen molar-refractivity contribution in [3.05, 3.63) is 108 Å². The first kappa shape index (κ1) is 30.0. The Morgan fingerprint density at radius 1 is 0.533 bits per heavy atom. The molecule has 226 valence electrons. The molecule has 4 aromatic heterocycles. The van der Waals surface area contributed by atoms with Gasteiger partial charge < -0.3 is 20.6 Å². The number of hydrogen-bond donors (Lipinski definition) is 4. The minimum atomic E-state index is 0.289. The molecule has 0 radical (unpaired) electrons. The van der Waals surface area contributed by atoms with Crippen LogP contribution >= 0.6 is 15.9 Å². The molecule has 3 aromatic carbocycles. The van der Waals surface area contributed by atoms with E-state index in [0.717, 1.165) is 72.3 Å². The molecule has 0 spiro atoms. The zero-order valence-electron chi connectivity index (χ0n) is 25.6. The minimum Gasteiger partial charge on any atom is -0.367 e. The number of nitrogens with one attached hydrogen (secondary N) is 4. The maximum absolute atomic E-state index is 4.78. The van der Waals surface area contributed by atoms with Gasteiger partial charge in [-0.25, -0.2) is 19.9 Å². The summed E-state index contributed by atoms with van der Waals surface area (Å²) in [7, 11) is 0. The predicted molar refractivity (Wildman–Crippen MR) is 189 cm³/mol. The number of rotatable bonds is 7. The number of benzene rings is 3. The summed E-state index contributed by atoms with van der Waals surface area (Å²) in [6, 6.07) is 35.0. The second kappa shape index (κ2) is 13.3. The van der Waals surface area contributed by atoms with Gasteiger partial charge in [-0.3, -0.25) is 0 Å². The molecule has 0 aliphatic rings. The van der Waals surface area contributed by atoms with Crippen molar-refractivity contribution in [1.29, 1.82) is 0 Å². The summed E-state index contributed by atoms with van der Waals surface area (Å²) in [5.74, 6) is 3.15. The highest BCUT2D eigenvalue weighted by molar-refractivity contribution is 9.10. The minimum absolute atomic E-state index is 0.289. The van der Waals surface area contributed by atoms with Crippen LogP contribution in [0.4, 0.5) is 11.6 Å². The molecule has 0 saturated heterocycles. The SMILES string of the molecule is CC(C)Nc1nc(-c2ccccc2)nc2[nH]c(-c3ccccc3)cc12.CC(C)Nc1nc(-c2ccccc2)nc2[nH]c(Br)cc12. The van der Waals surface area contributed by atoms with Crippen molar-refractivity contribution in [1.82, 2.24) is 29.9 Å². The molecule has 8 nitrogen and oxygen atoms in total. The van der Waals surface area contributed by atoms with E-state index in [1.807, 2.05) is 84.9 Å². The van der Waals surface area contributed by atoms with E-state index in [-0.39, 0.29) is 6.04 Å². The van der Waals surface area contributed by atoms with Crippen molar-refractivity contribution < 1.29 is 0 Å². The number of aromatic nitrogens is 6. The highest BCUT2D eigenvalue weighted by Crippen LogP contribution is 2.30. The lowest BCUT2D eigenvalue weighted by molar-refractivity contribution is 0.890. The first-order chi connectivity index (χ1) is 21.8. The summed E-state index contributed by atoms with van der Waals surface area (Å²) in [4.78, 5) is 25.4. The molecule has 0 saturated carbocycles.